The van der Waals surface area contributed by atoms with Crippen molar-refractivity contribution in [3.05, 3.63) is 11.6 Å². The number of fused-ring (bicyclic) bond motifs is 1. The van der Waals surface area contributed by atoms with Gasteiger partial charge in [-0.05, 0) is 12.5 Å². The molecule has 3 atom stereocenters. The molecule has 4 heteroatoms. The Bertz CT molecular complexity index is 245. The van der Waals surface area contributed by atoms with Gasteiger partial charge in [0.05, 0.1) is 18.8 Å². The Balaban J connectivity index is 2.27. The molecule has 1 aliphatic heterocycles. The van der Waals surface area contributed by atoms with Crippen LogP contribution in [0.1, 0.15) is 6.42 Å². The zero-order chi connectivity index (χ0) is 8.72. The van der Waals surface area contributed by atoms with Crippen LogP contribution in [0.5, 0.6) is 0 Å². The van der Waals surface area contributed by atoms with Crippen LogP contribution in [0.4, 0.5) is 0 Å². The zero-order valence-corrected chi connectivity index (χ0v) is 6.43. The summed E-state index contributed by atoms with van der Waals surface area (Å²) in [4.78, 5) is 11.0. The highest BCUT2D eigenvalue weighted by atomic mass is 16.5. The molecular formula is C8H10O4. The van der Waals surface area contributed by atoms with E-state index in [9.17, 15) is 15.0 Å². The summed E-state index contributed by atoms with van der Waals surface area (Å²) < 4.78 is 4.77. The minimum absolute atomic E-state index is 0.0177. The van der Waals surface area contributed by atoms with Gasteiger partial charge in [0.2, 0.25) is 0 Å². The van der Waals surface area contributed by atoms with Gasteiger partial charge in [-0.25, -0.2) is 4.79 Å². The standard InChI is InChI=1S/C8H10O4/c9-6-1-4-3-12-8(11)5(4)2-7(6)10/h2,4,6-7,9-10H,1,3H2/t4-,6+,7-/m0/s1. The van der Waals surface area contributed by atoms with E-state index in [2.05, 4.69) is 0 Å². The van der Waals surface area contributed by atoms with Crippen LogP contribution in [-0.2, 0) is 9.53 Å². The van der Waals surface area contributed by atoms with E-state index in [0.29, 0.717) is 18.6 Å². The predicted octanol–water partition coefficient (Wildman–Crippen LogP) is -0.789. The molecule has 2 N–H and O–H groups in total. The van der Waals surface area contributed by atoms with E-state index in [4.69, 9.17) is 4.74 Å². The zero-order valence-electron chi connectivity index (χ0n) is 6.43. The fraction of sp³-hybridized carbons (Fsp3) is 0.625. The molecule has 66 valence electrons. The van der Waals surface area contributed by atoms with Gasteiger partial charge in [-0.15, -0.1) is 0 Å². The second-order valence-corrected chi connectivity index (χ2v) is 3.21. The fourth-order valence-corrected chi connectivity index (χ4v) is 1.64. The van der Waals surface area contributed by atoms with E-state index in [1.165, 1.54) is 6.08 Å². The summed E-state index contributed by atoms with van der Waals surface area (Å²) in [5.74, 6) is -0.373. The van der Waals surface area contributed by atoms with Crippen LogP contribution in [0.2, 0.25) is 0 Å². The number of hydrogen-bond donors (Lipinski definition) is 2. The van der Waals surface area contributed by atoms with Crippen molar-refractivity contribution < 1.29 is 19.7 Å². The molecule has 0 saturated carbocycles. The first-order valence-electron chi connectivity index (χ1n) is 3.93. The summed E-state index contributed by atoms with van der Waals surface area (Å²) in [7, 11) is 0. The molecule has 2 aliphatic rings. The average Bonchev–Trinajstić information content (AvgIpc) is 2.35. The number of esters is 1. The van der Waals surface area contributed by atoms with E-state index in [0.717, 1.165) is 0 Å². The number of ether oxygens (including phenoxy) is 1. The van der Waals surface area contributed by atoms with Crippen molar-refractivity contribution in [1.82, 2.24) is 0 Å². The van der Waals surface area contributed by atoms with Crippen molar-refractivity contribution in [1.29, 1.82) is 0 Å². The molecule has 0 spiro atoms. The highest BCUT2D eigenvalue weighted by molar-refractivity contribution is 5.91. The van der Waals surface area contributed by atoms with Gasteiger partial charge in [0.15, 0.2) is 0 Å². The SMILES string of the molecule is O=C1OC[C@@H]2C[C@@H](O)[C@@H](O)C=C12. The summed E-state index contributed by atoms with van der Waals surface area (Å²) in [6.45, 7) is 0.342. The van der Waals surface area contributed by atoms with Crippen molar-refractivity contribution in [2.45, 2.75) is 18.6 Å². The van der Waals surface area contributed by atoms with Crippen molar-refractivity contribution in [2.24, 2.45) is 5.92 Å². The quantitative estimate of drug-likeness (QED) is 0.467. The van der Waals surface area contributed by atoms with Crippen molar-refractivity contribution in [3.8, 4) is 0 Å². The van der Waals surface area contributed by atoms with Crippen molar-refractivity contribution in [2.75, 3.05) is 6.61 Å². The van der Waals surface area contributed by atoms with E-state index in [-0.39, 0.29) is 11.9 Å². The summed E-state index contributed by atoms with van der Waals surface area (Å²) in [5, 5.41) is 18.5. The number of carbonyl (C=O) groups excluding carboxylic acids is 1. The molecule has 1 heterocycles. The maximum absolute atomic E-state index is 11.0. The lowest BCUT2D eigenvalue weighted by Crippen LogP contribution is -2.32. The summed E-state index contributed by atoms with van der Waals surface area (Å²) in [5.41, 5.74) is 0.521. The van der Waals surface area contributed by atoms with Crippen LogP contribution >= 0.6 is 0 Å². The van der Waals surface area contributed by atoms with Crippen LogP contribution in [0.15, 0.2) is 11.6 Å². The van der Waals surface area contributed by atoms with Crippen molar-refractivity contribution in [3.63, 3.8) is 0 Å². The molecule has 0 amide bonds. The van der Waals surface area contributed by atoms with Gasteiger partial charge in [0, 0.05) is 11.5 Å². The number of aliphatic hydroxyl groups excluding tert-OH is 2. The normalized spacial score (nSPS) is 40.3. The predicted molar refractivity (Wildman–Crippen MR) is 39.2 cm³/mol. The number of rotatable bonds is 0. The number of cyclic esters (lactones) is 1. The van der Waals surface area contributed by atoms with E-state index in [1.54, 1.807) is 0 Å². The maximum atomic E-state index is 11.0. The largest absolute Gasteiger partial charge is 0.462 e. The Hall–Kier alpha value is -0.870. The lowest BCUT2D eigenvalue weighted by Gasteiger charge is -2.23. The fourth-order valence-electron chi connectivity index (χ4n) is 1.64. The molecule has 1 fully saturated rings. The topological polar surface area (TPSA) is 66.8 Å². The third-order valence-electron chi connectivity index (χ3n) is 2.36. The highest BCUT2D eigenvalue weighted by Crippen LogP contribution is 2.31. The smallest absolute Gasteiger partial charge is 0.334 e. The summed E-state index contributed by atoms with van der Waals surface area (Å²) in [6.07, 6.45) is 0.141. The van der Waals surface area contributed by atoms with Gasteiger partial charge in [-0.3, -0.25) is 0 Å². The molecular weight excluding hydrogens is 160 g/mol. The van der Waals surface area contributed by atoms with Crippen LogP contribution in [0, 0.1) is 5.92 Å². The Kier molecular flexibility index (Phi) is 1.66. The minimum Gasteiger partial charge on any atom is -0.462 e. The molecule has 12 heavy (non-hydrogen) atoms. The first-order valence-corrected chi connectivity index (χ1v) is 3.93. The second-order valence-electron chi connectivity index (χ2n) is 3.21. The molecule has 0 bridgehead atoms. The molecule has 0 aromatic carbocycles. The second kappa shape index (κ2) is 2.57. The Morgan fingerprint density at radius 2 is 2.25 bits per heavy atom. The third-order valence-corrected chi connectivity index (χ3v) is 2.36. The first kappa shape index (κ1) is 7.76. The third kappa shape index (κ3) is 1.04. The van der Waals surface area contributed by atoms with Crippen LogP contribution < -0.4 is 0 Å². The van der Waals surface area contributed by atoms with Crippen LogP contribution in [-0.4, -0.2) is 35.0 Å². The van der Waals surface area contributed by atoms with E-state index in [1.807, 2.05) is 0 Å². The van der Waals surface area contributed by atoms with E-state index < -0.39 is 12.2 Å². The maximum Gasteiger partial charge on any atom is 0.334 e. The first-order chi connectivity index (χ1) is 5.68. The van der Waals surface area contributed by atoms with E-state index >= 15 is 0 Å². The molecule has 0 aromatic rings. The lowest BCUT2D eigenvalue weighted by atomic mass is 9.87. The molecule has 4 nitrogen and oxygen atoms in total. The summed E-state index contributed by atoms with van der Waals surface area (Å²) in [6, 6.07) is 0. The molecule has 1 aliphatic carbocycles. The monoisotopic (exact) mass is 170 g/mol. The Labute approximate surface area is 69.5 Å². The lowest BCUT2D eigenvalue weighted by molar-refractivity contribution is -0.135. The molecule has 1 saturated heterocycles. The minimum atomic E-state index is -0.915. The average molecular weight is 170 g/mol. The van der Waals surface area contributed by atoms with Gasteiger partial charge in [0.1, 0.15) is 0 Å². The van der Waals surface area contributed by atoms with Crippen LogP contribution in [0.3, 0.4) is 0 Å². The Morgan fingerprint density at radius 1 is 1.50 bits per heavy atom. The van der Waals surface area contributed by atoms with Gasteiger partial charge in [-0.2, -0.15) is 0 Å². The van der Waals surface area contributed by atoms with Crippen molar-refractivity contribution >= 4 is 5.97 Å². The highest BCUT2D eigenvalue weighted by Gasteiger charge is 2.37. The Morgan fingerprint density at radius 3 is 3.00 bits per heavy atom. The summed E-state index contributed by atoms with van der Waals surface area (Å²) >= 11 is 0. The van der Waals surface area contributed by atoms with Gasteiger partial charge in [-0.1, -0.05) is 0 Å². The van der Waals surface area contributed by atoms with Gasteiger partial charge >= 0.3 is 5.97 Å². The van der Waals surface area contributed by atoms with Crippen LogP contribution in [0.25, 0.3) is 0 Å². The molecule has 2 rings (SSSR count). The number of aliphatic hydroxyl groups is 2. The van der Waals surface area contributed by atoms with Gasteiger partial charge < -0.3 is 14.9 Å². The number of carbonyl (C=O) groups is 1. The molecule has 0 unspecified atom stereocenters. The molecule has 0 aromatic heterocycles. The number of hydrogen-bond acceptors (Lipinski definition) is 4. The molecule has 0 radical (unpaired) electrons. The van der Waals surface area contributed by atoms with Gasteiger partial charge in [0.25, 0.3) is 0 Å².